The minimum absolute atomic E-state index is 0.148. The normalized spacial score (nSPS) is 19.9. The van der Waals surface area contributed by atoms with E-state index in [9.17, 15) is 9.18 Å². The highest BCUT2D eigenvalue weighted by molar-refractivity contribution is 9.10. The number of hydrogen-bond acceptors (Lipinski definition) is 3. The molecule has 1 aromatic carbocycles. The second-order valence-electron chi connectivity index (χ2n) is 5.14. The molecule has 0 spiro atoms. The third kappa shape index (κ3) is 4.03. The van der Waals surface area contributed by atoms with Gasteiger partial charge in [0.05, 0.1) is 13.5 Å². The van der Waals surface area contributed by atoms with Crippen molar-refractivity contribution in [3.63, 3.8) is 0 Å². The predicted octanol–water partition coefficient (Wildman–Crippen LogP) is 3.51. The van der Waals surface area contributed by atoms with Crippen LogP contribution in [0.25, 0.3) is 0 Å². The summed E-state index contributed by atoms with van der Waals surface area (Å²) in [5, 5.41) is 0. The first-order valence-electron chi connectivity index (χ1n) is 6.85. The van der Waals surface area contributed by atoms with E-state index >= 15 is 0 Å². The molecule has 1 saturated heterocycles. The molecule has 1 aliphatic rings. The molecule has 5 heteroatoms. The molecule has 0 amide bonds. The average Bonchev–Trinajstić information content (AvgIpc) is 2.44. The number of carbonyl (C=O) groups excluding carboxylic acids is 1. The summed E-state index contributed by atoms with van der Waals surface area (Å²) >= 11 is 3.37. The van der Waals surface area contributed by atoms with E-state index in [2.05, 4.69) is 20.8 Å². The van der Waals surface area contributed by atoms with Crippen molar-refractivity contribution >= 4 is 21.9 Å². The van der Waals surface area contributed by atoms with Crippen LogP contribution in [0.5, 0.6) is 0 Å². The Balaban J connectivity index is 2.08. The zero-order valence-electron chi connectivity index (χ0n) is 11.6. The summed E-state index contributed by atoms with van der Waals surface area (Å²) in [5.41, 5.74) is 0.663. The molecular formula is C15H19BrFNO2. The molecule has 20 heavy (non-hydrogen) atoms. The minimum Gasteiger partial charge on any atom is -0.469 e. The van der Waals surface area contributed by atoms with E-state index in [1.54, 1.807) is 12.1 Å². The van der Waals surface area contributed by atoms with Crippen molar-refractivity contribution < 1.29 is 13.9 Å². The van der Waals surface area contributed by atoms with E-state index < -0.39 is 0 Å². The maximum Gasteiger partial charge on any atom is 0.307 e. The number of halogens is 2. The predicted molar refractivity (Wildman–Crippen MR) is 78.8 cm³/mol. The number of hydrogen-bond donors (Lipinski definition) is 0. The van der Waals surface area contributed by atoms with Gasteiger partial charge < -0.3 is 4.74 Å². The highest BCUT2D eigenvalue weighted by Crippen LogP contribution is 2.24. The van der Waals surface area contributed by atoms with Gasteiger partial charge in [-0.3, -0.25) is 9.69 Å². The Kier molecular flexibility index (Phi) is 5.54. The van der Waals surface area contributed by atoms with Crippen LogP contribution in [0.4, 0.5) is 4.39 Å². The van der Waals surface area contributed by atoms with E-state index in [0.29, 0.717) is 18.5 Å². The molecule has 2 rings (SSSR count). The lowest BCUT2D eigenvalue weighted by Gasteiger charge is -2.35. The third-order valence-corrected chi connectivity index (χ3v) is 4.25. The summed E-state index contributed by atoms with van der Waals surface area (Å²) in [6.07, 6.45) is 3.54. The molecule has 0 saturated carbocycles. The number of piperidine rings is 1. The number of esters is 1. The van der Waals surface area contributed by atoms with Gasteiger partial charge in [-0.1, -0.05) is 22.4 Å². The molecule has 0 N–H and O–H groups in total. The van der Waals surface area contributed by atoms with E-state index in [1.165, 1.54) is 13.2 Å². The second kappa shape index (κ2) is 7.18. The molecule has 1 atom stereocenters. The number of rotatable bonds is 4. The number of methoxy groups -OCH3 is 1. The van der Waals surface area contributed by atoms with Crippen molar-refractivity contribution in [1.29, 1.82) is 0 Å². The molecule has 110 valence electrons. The Hall–Kier alpha value is -0.940. The first kappa shape index (κ1) is 15.4. The molecule has 0 bridgehead atoms. The van der Waals surface area contributed by atoms with Crippen molar-refractivity contribution in [2.45, 2.75) is 38.3 Å². The van der Waals surface area contributed by atoms with Crippen molar-refractivity contribution in [3.8, 4) is 0 Å². The van der Waals surface area contributed by atoms with Crippen LogP contribution in [-0.4, -0.2) is 30.6 Å². The van der Waals surface area contributed by atoms with E-state index in [-0.39, 0.29) is 17.8 Å². The van der Waals surface area contributed by atoms with Crippen LogP contribution in [0, 0.1) is 5.82 Å². The molecule has 1 heterocycles. The molecule has 0 aliphatic carbocycles. The Bertz CT molecular complexity index is 481. The van der Waals surface area contributed by atoms with Crippen LogP contribution >= 0.6 is 15.9 Å². The zero-order valence-corrected chi connectivity index (χ0v) is 13.2. The summed E-state index contributed by atoms with van der Waals surface area (Å²) in [7, 11) is 1.41. The number of benzene rings is 1. The van der Waals surface area contributed by atoms with E-state index in [1.807, 2.05) is 0 Å². The van der Waals surface area contributed by atoms with Gasteiger partial charge in [0.25, 0.3) is 0 Å². The fourth-order valence-electron chi connectivity index (χ4n) is 2.66. The third-order valence-electron chi connectivity index (χ3n) is 3.76. The number of nitrogens with zero attached hydrogens (tertiary/aromatic N) is 1. The van der Waals surface area contributed by atoms with Gasteiger partial charge in [-0.25, -0.2) is 4.39 Å². The molecule has 0 radical (unpaired) electrons. The van der Waals surface area contributed by atoms with Crippen molar-refractivity contribution in [3.05, 3.63) is 34.1 Å². The molecule has 1 fully saturated rings. The fourth-order valence-corrected chi connectivity index (χ4v) is 3.07. The van der Waals surface area contributed by atoms with Crippen molar-refractivity contribution in [2.24, 2.45) is 0 Å². The van der Waals surface area contributed by atoms with Gasteiger partial charge in [-0.2, -0.15) is 0 Å². The first-order chi connectivity index (χ1) is 9.60. The summed E-state index contributed by atoms with van der Waals surface area (Å²) in [4.78, 5) is 13.7. The molecule has 1 aromatic rings. The van der Waals surface area contributed by atoms with Crippen LogP contribution in [0.15, 0.2) is 22.7 Å². The first-order valence-corrected chi connectivity index (χ1v) is 7.64. The lowest BCUT2D eigenvalue weighted by Crippen LogP contribution is -2.40. The lowest BCUT2D eigenvalue weighted by molar-refractivity contribution is -0.142. The fraction of sp³-hybridized carbons (Fsp3) is 0.533. The van der Waals surface area contributed by atoms with Gasteiger partial charge in [0.2, 0.25) is 0 Å². The zero-order chi connectivity index (χ0) is 14.5. The van der Waals surface area contributed by atoms with Crippen molar-refractivity contribution in [1.82, 2.24) is 4.90 Å². The largest absolute Gasteiger partial charge is 0.469 e. The van der Waals surface area contributed by atoms with Crippen LogP contribution in [0.2, 0.25) is 0 Å². The number of carbonyl (C=O) groups is 1. The summed E-state index contributed by atoms with van der Waals surface area (Å²) in [5.74, 6) is -0.396. The maximum atomic E-state index is 13.8. The number of likely N-dealkylation sites (tertiary alicyclic amines) is 1. The minimum atomic E-state index is -0.199. The average molecular weight is 344 g/mol. The second-order valence-corrected chi connectivity index (χ2v) is 6.05. The summed E-state index contributed by atoms with van der Waals surface area (Å²) < 4.78 is 19.5. The molecule has 1 aliphatic heterocycles. The lowest BCUT2D eigenvalue weighted by atomic mass is 9.98. The Morgan fingerprint density at radius 1 is 1.50 bits per heavy atom. The molecule has 1 unspecified atom stereocenters. The summed E-state index contributed by atoms with van der Waals surface area (Å²) in [6, 6.07) is 5.12. The topological polar surface area (TPSA) is 29.5 Å². The quantitative estimate of drug-likeness (QED) is 0.783. The standard InChI is InChI=1S/C15H19BrFNO2/c1-20-15(19)9-13-4-2-3-7-18(13)10-11-8-12(16)5-6-14(11)17/h5-6,8,13H,2-4,7,9-10H2,1H3. The van der Waals surface area contributed by atoms with Gasteiger partial charge in [0.15, 0.2) is 0 Å². The van der Waals surface area contributed by atoms with Gasteiger partial charge in [0.1, 0.15) is 5.82 Å². The van der Waals surface area contributed by atoms with Gasteiger partial charge in [0, 0.05) is 22.6 Å². The van der Waals surface area contributed by atoms with Gasteiger partial charge >= 0.3 is 5.97 Å². The Morgan fingerprint density at radius 3 is 3.05 bits per heavy atom. The monoisotopic (exact) mass is 343 g/mol. The Labute approximate surface area is 127 Å². The highest BCUT2D eigenvalue weighted by Gasteiger charge is 2.25. The van der Waals surface area contributed by atoms with Crippen LogP contribution in [0.1, 0.15) is 31.2 Å². The van der Waals surface area contributed by atoms with E-state index in [0.717, 1.165) is 30.3 Å². The molecule has 3 nitrogen and oxygen atoms in total. The van der Waals surface area contributed by atoms with Crippen molar-refractivity contribution in [2.75, 3.05) is 13.7 Å². The van der Waals surface area contributed by atoms with Gasteiger partial charge in [-0.15, -0.1) is 0 Å². The SMILES string of the molecule is COC(=O)CC1CCCCN1Cc1cc(Br)ccc1F. The number of ether oxygens (including phenoxy) is 1. The van der Waals surface area contributed by atoms with E-state index in [4.69, 9.17) is 4.74 Å². The van der Waals surface area contributed by atoms with Gasteiger partial charge in [-0.05, 0) is 37.6 Å². The smallest absolute Gasteiger partial charge is 0.307 e. The highest BCUT2D eigenvalue weighted by atomic mass is 79.9. The summed E-state index contributed by atoms with van der Waals surface area (Å²) in [6.45, 7) is 1.43. The van der Waals surface area contributed by atoms with Crippen LogP contribution < -0.4 is 0 Å². The van der Waals surface area contributed by atoms with Crippen LogP contribution in [-0.2, 0) is 16.1 Å². The van der Waals surface area contributed by atoms with Crippen LogP contribution in [0.3, 0.4) is 0 Å². The molecular weight excluding hydrogens is 325 g/mol. The maximum absolute atomic E-state index is 13.8. The molecule has 0 aromatic heterocycles. The Morgan fingerprint density at radius 2 is 2.30 bits per heavy atom.